The SMILES string of the molecule is CC(=O)N1CCc2ccc(S(=O)(=O)N3CCC(N)C(C)C3)cc2CC1. The van der Waals surface area contributed by atoms with Crippen molar-refractivity contribution in [3.8, 4) is 0 Å². The van der Waals surface area contributed by atoms with Crippen LogP contribution in [0.4, 0.5) is 0 Å². The normalized spacial score (nSPS) is 25.3. The second-order valence-corrected chi connectivity index (χ2v) is 9.17. The summed E-state index contributed by atoms with van der Waals surface area (Å²) in [5.41, 5.74) is 8.18. The number of fused-ring (bicyclic) bond motifs is 1. The summed E-state index contributed by atoms with van der Waals surface area (Å²) in [5, 5.41) is 0. The van der Waals surface area contributed by atoms with Crippen molar-refractivity contribution in [2.75, 3.05) is 26.2 Å². The van der Waals surface area contributed by atoms with Gasteiger partial charge in [-0.25, -0.2) is 8.42 Å². The van der Waals surface area contributed by atoms with Crippen LogP contribution in [0.1, 0.15) is 31.4 Å². The van der Waals surface area contributed by atoms with Gasteiger partial charge in [0.2, 0.25) is 15.9 Å². The molecule has 1 fully saturated rings. The predicted molar refractivity (Wildman–Crippen MR) is 96.6 cm³/mol. The number of amides is 1. The van der Waals surface area contributed by atoms with E-state index in [1.165, 1.54) is 0 Å². The number of benzene rings is 1. The topological polar surface area (TPSA) is 83.7 Å². The van der Waals surface area contributed by atoms with E-state index in [1.54, 1.807) is 23.4 Å². The standard InChI is InChI=1S/C18H27N3O3S/c1-13-12-21(10-7-18(13)19)25(23,24)17-4-3-15-5-8-20(14(2)22)9-6-16(15)11-17/h3-4,11,13,18H,5-10,12,19H2,1-2H3. The summed E-state index contributed by atoms with van der Waals surface area (Å²) in [6, 6.07) is 5.48. The van der Waals surface area contributed by atoms with Crippen molar-refractivity contribution in [2.45, 2.75) is 44.0 Å². The molecule has 0 aliphatic carbocycles. The lowest BCUT2D eigenvalue weighted by Crippen LogP contribution is -2.48. The number of carbonyl (C=O) groups excluding carboxylic acids is 1. The summed E-state index contributed by atoms with van der Waals surface area (Å²) in [6.45, 7) is 5.85. The molecule has 2 N–H and O–H groups in total. The minimum Gasteiger partial charge on any atom is -0.342 e. The highest BCUT2D eigenvalue weighted by Crippen LogP contribution is 2.26. The summed E-state index contributed by atoms with van der Waals surface area (Å²) in [7, 11) is -3.50. The summed E-state index contributed by atoms with van der Waals surface area (Å²) in [6.07, 6.45) is 2.16. The molecule has 7 heteroatoms. The fourth-order valence-electron chi connectivity index (χ4n) is 3.67. The molecule has 2 unspecified atom stereocenters. The molecule has 2 atom stereocenters. The molecule has 25 heavy (non-hydrogen) atoms. The first-order valence-electron chi connectivity index (χ1n) is 8.92. The minimum atomic E-state index is -3.50. The highest BCUT2D eigenvalue weighted by molar-refractivity contribution is 7.89. The van der Waals surface area contributed by atoms with Crippen LogP contribution in [0.3, 0.4) is 0 Å². The molecule has 3 rings (SSSR count). The summed E-state index contributed by atoms with van der Waals surface area (Å²) in [4.78, 5) is 13.8. The van der Waals surface area contributed by atoms with Crippen LogP contribution < -0.4 is 5.73 Å². The number of rotatable bonds is 2. The lowest BCUT2D eigenvalue weighted by atomic mass is 9.96. The van der Waals surface area contributed by atoms with Gasteiger partial charge in [0.15, 0.2) is 0 Å². The third-order valence-corrected chi connectivity index (χ3v) is 7.36. The Morgan fingerprint density at radius 2 is 1.84 bits per heavy atom. The zero-order chi connectivity index (χ0) is 18.2. The largest absolute Gasteiger partial charge is 0.342 e. The number of sulfonamides is 1. The Labute approximate surface area is 150 Å². The Balaban J connectivity index is 1.84. The Morgan fingerprint density at radius 3 is 2.48 bits per heavy atom. The molecule has 1 aromatic carbocycles. The maximum atomic E-state index is 13.0. The van der Waals surface area contributed by atoms with Gasteiger partial charge in [-0.05, 0) is 48.4 Å². The van der Waals surface area contributed by atoms with Crippen LogP contribution in [-0.2, 0) is 27.7 Å². The molecule has 0 aromatic heterocycles. The van der Waals surface area contributed by atoms with Gasteiger partial charge in [-0.3, -0.25) is 4.79 Å². The number of piperidine rings is 1. The molecule has 1 aromatic rings. The Hall–Kier alpha value is -1.44. The first-order valence-corrected chi connectivity index (χ1v) is 10.4. The number of hydrogen-bond donors (Lipinski definition) is 1. The van der Waals surface area contributed by atoms with E-state index in [0.29, 0.717) is 43.9 Å². The lowest BCUT2D eigenvalue weighted by molar-refractivity contribution is -0.128. The summed E-state index contributed by atoms with van der Waals surface area (Å²) in [5.74, 6) is 0.229. The molecule has 0 saturated carbocycles. The third kappa shape index (κ3) is 3.73. The van der Waals surface area contributed by atoms with E-state index in [9.17, 15) is 13.2 Å². The quantitative estimate of drug-likeness (QED) is 0.847. The maximum absolute atomic E-state index is 13.0. The monoisotopic (exact) mass is 365 g/mol. The van der Waals surface area contributed by atoms with Crippen molar-refractivity contribution in [3.63, 3.8) is 0 Å². The zero-order valence-electron chi connectivity index (χ0n) is 14.9. The fourth-order valence-corrected chi connectivity index (χ4v) is 5.28. The van der Waals surface area contributed by atoms with Crippen LogP contribution in [0.25, 0.3) is 0 Å². The average Bonchev–Trinajstić information content (AvgIpc) is 2.79. The van der Waals surface area contributed by atoms with E-state index in [1.807, 2.05) is 17.9 Å². The molecule has 0 spiro atoms. The lowest BCUT2D eigenvalue weighted by Gasteiger charge is -2.34. The van der Waals surface area contributed by atoms with Crippen LogP contribution in [0, 0.1) is 5.92 Å². The van der Waals surface area contributed by atoms with Crippen LogP contribution in [0.15, 0.2) is 23.1 Å². The second kappa shape index (κ2) is 7.05. The number of nitrogens with zero attached hydrogens (tertiary/aromatic N) is 2. The molecule has 1 saturated heterocycles. The van der Waals surface area contributed by atoms with Crippen molar-refractivity contribution in [2.24, 2.45) is 11.7 Å². The average molecular weight is 365 g/mol. The van der Waals surface area contributed by atoms with Crippen molar-refractivity contribution in [1.29, 1.82) is 0 Å². The van der Waals surface area contributed by atoms with Crippen molar-refractivity contribution in [3.05, 3.63) is 29.3 Å². The van der Waals surface area contributed by atoms with Gasteiger partial charge < -0.3 is 10.6 Å². The predicted octanol–water partition coefficient (Wildman–Crippen LogP) is 0.992. The Morgan fingerprint density at radius 1 is 1.16 bits per heavy atom. The molecule has 2 heterocycles. The Kier molecular flexibility index (Phi) is 5.18. The Bertz CT molecular complexity index is 763. The van der Waals surface area contributed by atoms with Gasteiger partial charge >= 0.3 is 0 Å². The maximum Gasteiger partial charge on any atom is 0.243 e. The van der Waals surface area contributed by atoms with Crippen molar-refractivity contribution in [1.82, 2.24) is 9.21 Å². The first kappa shape index (κ1) is 18.4. The van der Waals surface area contributed by atoms with Gasteiger partial charge in [-0.2, -0.15) is 4.31 Å². The van der Waals surface area contributed by atoms with E-state index in [2.05, 4.69) is 0 Å². The van der Waals surface area contributed by atoms with Gasteiger partial charge in [0.1, 0.15) is 0 Å². The zero-order valence-corrected chi connectivity index (χ0v) is 15.8. The number of hydrogen-bond acceptors (Lipinski definition) is 4. The first-order chi connectivity index (χ1) is 11.8. The molecular formula is C18H27N3O3S. The van der Waals surface area contributed by atoms with E-state index in [4.69, 9.17) is 5.73 Å². The minimum absolute atomic E-state index is 0.0658. The van der Waals surface area contributed by atoms with Gasteiger partial charge in [0.05, 0.1) is 4.90 Å². The highest BCUT2D eigenvalue weighted by Gasteiger charge is 2.32. The van der Waals surface area contributed by atoms with E-state index < -0.39 is 10.0 Å². The van der Waals surface area contributed by atoms with Crippen LogP contribution >= 0.6 is 0 Å². The van der Waals surface area contributed by atoms with Crippen LogP contribution in [0.2, 0.25) is 0 Å². The fraction of sp³-hybridized carbons (Fsp3) is 0.611. The third-order valence-electron chi connectivity index (χ3n) is 5.50. The van der Waals surface area contributed by atoms with E-state index in [-0.39, 0.29) is 17.9 Å². The van der Waals surface area contributed by atoms with Crippen molar-refractivity contribution < 1.29 is 13.2 Å². The summed E-state index contributed by atoms with van der Waals surface area (Å²) < 4.78 is 27.6. The molecule has 0 radical (unpaired) electrons. The number of nitrogens with two attached hydrogens (primary N) is 1. The smallest absolute Gasteiger partial charge is 0.243 e. The highest BCUT2D eigenvalue weighted by atomic mass is 32.2. The van der Waals surface area contributed by atoms with E-state index >= 15 is 0 Å². The molecule has 2 aliphatic rings. The second-order valence-electron chi connectivity index (χ2n) is 7.23. The van der Waals surface area contributed by atoms with Gasteiger partial charge in [0.25, 0.3) is 0 Å². The van der Waals surface area contributed by atoms with Crippen LogP contribution in [0.5, 0.6) is 0 Å². The van der Waals surface area contributed by atoms with Crippen LogP contribution in [-0.4, -0.2) is 55.8 Å². The number of carbonyl (C=O) groups is 1. The van der Waals surface area contributed by atoms with Crippen molar-refractivity contribution >= 4 is 15.9 Å². The summed E-state index contributed by atoms with van der Waals surface area (Å²) >= 11 is 0. The van der Waals surface area contributed by atoms with Gasteiger partial charge in [0, 0.05) is 39.1 Å². The molecule has 6 nitrogen and oxygen atoms in total. The molecule has 2 aliphatic heterocycles. The van der Waals surface area contributed by atoms with Gasteiger partial charge in [-0.1, -0.05) is 13.0 Å². The molecule has 1 amide bonds. The molecular weight excluding hydrogens is 338 g/mol. The van der Waals surface area contributed by atoms with E-state index in [0.717, 1.165) is 17.5 Å². The molecule has 0 bridgehead atoms. The molecule has 138 valence electrons. The van der Waals surface area contributed by atoms with Gasteiger partial charge in [-0.15, -0.1) is 0 Å².